The molecule has 0 aromatic rings. The van der Waals surface area contributed by atoms with Crippen molar-refractivity contribution in [2.75, 3.05) is 6.54 Å². The highest BCUT2D eigenvalue weighted by Crippen LogP contribution is 2.50. The van der Waals surface area contributed by atoms with Gasteiger partial charge in [0.1, 0.15) is 0 Å². The largest absolute Gasteiger partial charge is 0.392 e. The Balaban J connectivity index is 1.93. The zero-order chi connectivity index (χ0) is 17.5. The summed E-state index contributed by atoms with van der Waals surface area (Å²) in [5.74, 6) is 7.32. The monoisotopic (exact) mass is 331 g/mol. The Morgan fingerprint density at radius 3 is 2.88 bits per heavy atom. The molecule has 0 unspecified atom stereocenters. The first kappa shape index (κ1) is 19.2. The van der Waals surface area contributed by atoms with Gasteiger partial charge < -0.3 is 15.9 Å². The molecule has 24 heavy (non-hydrogen) atoms. The van der Waals surface area contributed by atoms with Gasteiger partial charge in [0.2, 0.25) is 0 Å². The van der Waals surface area contributed by atoms with Crippen molar-refractivity contribution < 1.29 is 10.2 Å². The minimum absolute atomic E-state index is 0.123. The average Bonchev–Trinajstić information content (AvgIpc) is 3.07. The van der Waals surface area contributed by atoms with Crippen molar-refractivity contribution in [3.05, 3.63) is 23.8 Å². The number of nitrogens with two attached hydrogens (primary N) is 1. The van der Waals surface area contributed by atoms with Crippen LogP contribution in [0.25, 0.3) is 0 Å². The van der Waals surface area contributed by atoms with Gasteiger partial charge >= 0.3 is 0 Å². The van der Waals surface area contributed by atoms with E-state index in [1.54, 1.807) is 0 Å². The van der Waals surface area contributed by atoms with Crippen LogP contribution in [0.4, 0.5) is 0 Å². The first-order chi connectivity index (χ1) is 11.6. The SMILES string of the molecule is CC#CC[C@@H](C)[C@H](O)/C=C/[C@@H]1[C@H]2C/C(=C/CCCN)C[C@H]2C[C@H]1O. The third-order valence-electron chi connectivity index (χ3n) is 5.67. The quantitative estimate of drug-likeness (QED) is 0.382. The Hall–Kier alpha value is -1.08. The van der Waals surface area contributed by atoms with Gasteiger partial charge in [0.05, 0.1) is 12.2 Å². The van der Waals surface area contributed by atoms with Crippen LogP contribution in [0, 0.1) is 35.5 Å². The van der Waals surface area contributed by atoms with E-state index in [4.69, 9.17) is 5.73 Å². The normalized spacial score (nSPS) is 33.5. The van der Waals surface area contributed by atoms with Crippen molar-refractivity contribution >= 4 is 0 Å². The van der Waals surface area contributed by atoms with Gasteiger partial charge in [-0.15, -0.1) is 11.8 Å². The summed E-state index contributed by atoms with van der Waals surface area (Å²) in [5, 5.41) is 20.7. The van der Waals surface area contributed by atoms with E-state index in [0.29, 0.717) is 18.3 Å². The molecule has 0 aromatic heterocycles. The molecule has 2 rings (SSSR count). The van der Waals surface area contributed by atoms with Crippen molar-refractivity contribution in [3.63, 3.8) is 0 Å². The lowest BCUT2D eigenvalue weighted by Gasteiger charge is -2.19. The second kappa shape index (κ2) is 9.42. The Labute approximate surface area is 147 Å². The molecule has 3 nitrogen and oxygen atoms in total. The van der Waals surface area contributed by atoms with E-state index in [9.17, 15) is 10.2 Å². The molecule has 2 fully saturated rings. The van der Waals surface area contributed by atoms with E-state index in [0.717, 1.165) is 38.6 Å². The Morgan fingerprint density at radius 2 is 2.17 bits per heavy atom. The first-order valence-corrected chi connectivity index (χ1v) is 9.38. The van der Waals surface area contributed by atoms with Gasteiger partial charge in [-0.1, -0.05) is 30.7 Å². The maximum absolute atomic E-state index is 10.4. The molecule has 0 aliphatic heterocycles. The van der Waals surface area contributed by atoms with Crippen molar-refractivity contribution in [2.24, 2.45) is 29.4 Å². The van der Waals surface area contributed by atoms with Crippen molar-refractivity contribution in [1.82, 2.24) is 0 Å². The standard InChI is InChI=1S/C21H33NO2/c1-3-4-7-15(2)20(23)10-9-18-19-13-16(8-5-6-11-22)12-17(19)14-21(18)24/h8-10,15,17-21,23-24H,5-7,11-14,22H2,1-2H3/b10-9+,16-8+/t15-,17+,18-,19+,20-,21-/m1/s1. The number of allylic oxidation sites excluding steroid dienone is 2. The highest BCUT2D eigenvalue weighted by atomic mass is 16.3. The van der Waals surface area contributed by atoms with E-state index in [-0.39, 0.29) is 17.9 Å². The summed E-state index contributed by atoms with van der Waals surface area (Å²) >= 11 is 0. The summed E-state index contributed by atoms with van der Waals surface area (Å²) in [7, 11) is 0. The zero-order valence-electron chi connectivity index (χ0n) is 15.1. The molecule has 4 N–H and O–H groups in total. The molecule has 0 bridgehead atoms. The number of hydrogen-bond acceptors (Lipinski definition) is 3. The summed E-state index contributed by atoms with van der Waals surface area (Å²) in [6.07, 6.45) is 11.5. The number of hydrogen-bond donors (Lipinski definition) is 3. The second-order valence-corrected chi connectivity index (χ2v) is 7.49. The first-order valence-electron chi connectivity index (χ1n) is 9.38. The van der Waals surface area contributed by atoms with E-state index < -0.39 is 6.10 Å². The summed E-state index contributed by atoms with van der Waals surface area (Å²) in [6.45, 7) is 4.59. The van der Waals surface area contributed by atoms with Gasteiger partial charge in [-0.25, -0.2) is 0 Å². The molecule has 2 aliphatic rings. The van der Waals surface area contributed by atoms with E-state index in [1.165, 1.54) is 5.57 Å². The molecular weight excluding hydrogens is 298 g/mol. The molecular formula is C21H33NO2. The highest BCUT2D eigenvalue weighted by molar-refractivity contribution is 5.18. The maximum atomic E-state index is 10.4. The lowest BCUT2D eigenvalue weighted by atomic mass is 9.89. The van der Waals surface area contributed by atoms with Gasteiger partial charge in [-0.3, -0.25) is 0 Å². The topological polar surface area (TPSA) is 66.5 Å². The summed E-state index contributed by atoms with van der Waals surface area (Å²) in [6, 6.07) is 0. The molecule has 0 radical (unpaired) electrons. The van der Waals surface area contributed by atoms with Crippen LogP contribution in [0.3, 0.4) is 0 Å². The lowest BCUT2D eigenvalue weighted by molar-refractivity contribution is 0.137. The predicted octanol–water partition coefficient (Wildman–Crippen LogP) is 3.03. The fourth-order valence-corrected chi connectivity index (χ4v) is 4.18. The van der Waals surface area contributed by atoms with Crippen LogP contribution in [-0.4, -0.2) is 29.0 Å². The minimum Gasteiger partial charge on any atom is -0.392 e. The number of rotatable bonds is 7. The van der Waals surface area contributed by atoms with Crippen molar-refractivity contribution in [1.29, 1.82) is 0 Å². The zero-order valence-corrected chi connectivity index (χ0v) is 15.1. The van der Waals surface area contributed by atoms with Crippen LogP contribution < -0.4 is 5.73 Å². The van der Waals surface area contributed by atoms with Crippen LogP contribution in [0.1, 0.15) is 52.4 Å². The number of aliphatic hydroxyl groups excluding tert-OH is 2. The molecule has 0 saturated heterocycles. The Morgan fingerprint density at radius 1 is 1.38 bits per heavy atom. The molecule has 2 aliphatic carbocycles. The Kier molecular flexibility index (Phi) is 7.55. The lowest BCUT2D eigenvalue weighted by Crippen LogP contribution is -2.19. The fourth-order valence-electron chi connectivity index (χ4n) is 4.18. The smallest absolute Gasteiger partial charge is 0.0755 e. The summed E-state index contributed by atoms with van der Waals surface area (Å²) in [5.41, 5.74) is 7.10. The molecule has 0 aromatic carbocycles. The van der Waals surface area contributed by atoms with Crippen molar-refractivity contribution in [2.45, 2.75) is 64.6 Å². The molecule has 0 spiro atoms. The number of fused-ring (bicyclic) bond motifs is 1. The van der Waals surface area contributed by atoms with Crippen LogP contribution in [0.15, 0.2) is 23.8 Å². The van der Waals surface area contributed by atoms with E-state index >= 15 is 0 Å². The second-order valence-electron chi connectivity index (χ2n) is 7.49. The van der Waals surface area contributed by atoms with Crippen LogP contribution in [0.2, 0.25) is 0 Å². The molecule has 0 heterocycles. The molecule has 2 saturated carbocycles. The molecule has 6 atom stereocenters. The fraction of sp³-hybridized carbons (Fsp3) is 0.714. The highest BCUT2D eigenvalue weighted by Gasteiger charge is 2.44. The predicted molar refractivity (Wildman–Crippen MR) is 99.1 cm³/mol. The summed E-state index contributed by atoms with van der Waals surface area (Å²) < 4.78 is 0. The third-order valence-corrected chi connectivity index (χ3v) is 5.67. The summed E-state index contributed by atoms with van der Waals surface area (Å²) in [4.78, 5) is 0. The van der Waals surface area contributed by atoms with Gasteiger partial charge in [0, 0.05) is 12.3 Å². The molecule has 0 amide bonds. The van der Waals surface area contributed by atoms with Crippen LogP contribution in [-0.2, 0) is 0 Å². The van der Waals surface area contributed by atoms with Crippen molar-refractivity contribution in [3.8, 4) is 11.8 Å². The van der Waals surface area contributed by atoms with Gasteiger partial charge in [-0.05, 0) is 63.3 Å². The van der Waals surface area contributed by atoms with Gasteiger partial charge in [-0.2, -0.15) is 0 Å². The number of aliphatic hydroxyl groups is 2. The van der Waals surface area contributed by atoms with Crippen LogP contribution in [0.5, 0.6) is 0 Å². The Bertz CT molecular complexity index is 514. The van der Waals surface area contributed by atoms with E-state index in [2.05, 4.69) is 24.0 Å². The minimum atomic E-state index is -0.488. The van der Waals surface area contributed by atoms with E-state index in [1.807, 2.05) is 19.9 Å². The molecule has 134 valence electrons. The van der Waals surface area contributed by atoms with Crippen LogP contribution >= 0.6 is 0 Å². The third kappa shape index (κ3) is 4.96. The maximum Gasteiger partial charge on any atom is 0.0755 e. The number of unbranched alkanes of at least 4 members (excludes halogenated alkanes) is 1. The average molecular weight is 332 g/mol. The molecule has 3 heteroatoms. The van der Waals surface area contributed by atoms with Gasteiger partial charge in [0.15, 0.2) is 0 Å². The van der Waals surface area contributed by atoms with Gasteiger partial charge in [0.25, 0.3) is 0 Å².